The van der Waals surface area contributed by atoms with Crippen LogP contribution in [0.5, 0.6) is 0 Å². The predicted octanol–water partition coefficient (Wildman–Crippen LogP) is 5.09. The summed E-state index contributed by atoms with van der Waals surface area (Å²) in [5.74, 6) is 0.986. The van der Waals surface area contributed by atoms with E-state index < -0.39 is 0 Å². The van der Waals surface area contributed by atoms with Gasteiger partial charge >= 0.3 is 0 Å². The third kappa shape index (κ3) is 3.65. The molecule has 1 saturated heterocycles. The lowest BCUT2D eigenvalue weighted by Crippen LogP contribution is -2.30. The summed E-state index contributed by atoms with van der Waals surface area (Å²) in [5, 5.41) is 4.10. The molecule has 138 valence electrons. The number of fused-ring (bicyclic) bond motifs is 1. The van der Waals surface area contributed by atoms with Crippen molar-refractivity contribution in [3.8, 4) is 0 Å². The molecule has 1 aliphatic heterocycles. The Kier molecular flexibility index (Phi) is 4.80. The topological polar surface area (TPSA) is 45.2 Å². The molecule has 4 heteroatoms. The van der Waals surface area contributed by atoms with Crippen molar-refractivity contribution in [2.24, 2.45) is 0 Å². The number of pyridine rings is 1. The maximum absolute atomic E-state index is 12.6. The summed E-state index contributed by atoms with van der Waals surface area (Å²) in [5.41, 5.74) is 4.64. The average molecular weight is 359 g/mol. The maximum Gasteiger partial charge on any atom is 0.255 e. The van der Waals surface area contributed by atoms with Crippen molar-refractivity contribution in [1.82, 2.24) is 4.98 Å². The number of aryl methyl sites for hydroxylation is 2. The van der Waals surface area contributed by atoms with Crippen molar-refractivity contribution in [1.29, 1.82) is 0 Å². The number of anilines is 2. The molecule has 1 N–H and O–H groups in total. The van der Waals surface area contributed by atoms with Crippen molar-refractivity contribution < 1.29 is 4.79 Å². The number of aromatic nitrogens is 1. The Hall–Kier alpha value is -2.88. The first-order valence-corrected chi connectivity index (χ1v) is 9.65. The number of nitrogens with one attached hydrogen (secondary N) is 1. The third-order valence-corrected chi connectivity index (χ3v) is 5.33. The van der Waals surface area contributed by atoms with Crippen LogP contribution in [0, 0.1) is 13.8 Å². The number of carbonyl (C=O) groups is 1. The Balaban J connectivity index is 1.61. The van der Waals surface area contributed by atoms with Crippen molar-refractivity contribution in [2.45, 2.75) is 33.1 Å². The molecule has 0 bridgehead atoms. The van der Waals surface area contributed by atoms with Crippen molar-refractivity contribution in [3.05, 3.63) is 65.2 Å². The van der Waals surface area contributed by atoms with Gasteiger partial charge in [-0.25, -0.2) is 4.98 Å². The van der Waals surface area contributed by atoms with E-state index in [-0.39, 0.29) is 5.91 Å². The van der Waals surface area contributed by atoms with Crippen LogP contribution in [0.1, 0.15) is 40.7 Å². The molecular formula is C23H25N3O. The number of hydrogen-bond donors (Lipinski definition) is 1. The van der Waals surface area contributed by atoms with E-state index in [1.54, 1.807) is 0 Å². The van der Waals surface area contributed by atoms with E-state index in [1.165, 1.54) is 24.8 Å². The van der Waals surface area contributed by atoms with Gasteiger partial charge in [0.2, 0.25) is 0 Å². The number of piperidine rings is 1. The number of hydrogen-bond acceptors (Lipinski definition) is 3. The molecule has 1 amide bonds. The smallest absolute Gasteiger partial charge is 0.255 e. The first-order valence-electron chi connectivity index (χ1n) is 9.65. The van der Waals surface area contributed by atoms with Crippen molar-refractivity contribution >= 4 is 28.3 Å². The quantitative estimate of drug-likeness (QED) is 0.708. The highest BCUT2D eigenvalue weighted by Crippen LogP contribution is 2.27. The lowest BCUT2D eigenvalue weighted by Gasteiger charge is -2.28. The highest BCUT2D eigenvalue weighted by Gasteiger charge is 2.14. The van der Waals surface area contributed by atoms with Gasteiger partial charge < -0.3 is 10.2 Å². The van der Waals surface area contributed by atoms with E-state index in [0.29, 0.717) is 5.56 Å². The lowest BCUT2D eigenvalue weighted by molar-refractivity contribution is 0.102. The molecule has 2 heterocycles. The molecule has 0 spiro atoms. The second-order valence-corrected chi connectivity index (χ2v) is 7.35. The Bertz CT molecular complexity index is 990. The maximum atomic E-state index is 12.6. The van der Waals surface area contributed by atoms with Crippen LogP contribution in [-0.4, -0.2) is 24.0 Å². The van der Waals surface area contributed by atoms with E-state index in [1.807, 2.05) is 49.4 Å². The van der Waals surface area contributed by atoms with Crippen LogP contribution in [0.2, 0.25) is 0 Å². The number of rotatable bonds is 3. The average Bonchev–Trinajstić information content (AvgIpc) is 2.69. The molecule has 1 aliphatic rings. The van der Waals surface area contributed by atoms with Gasteiger partial charge in [-0.15, -0.1) is 0 Å². The zero-order valence-electron chi connectivity index (χ0n) is 16.0. The van der Waals surface area contributed by atoms with Gasteiger partial charge in [-0.2, -0.15) is 0 Å². The molecule has 0 unspecified atom stereocenters. The van der Waals surface area contributed by atoms with E-state index in [2.05, 4.69) is 23.2 Å². The molecule has 3 aromatic rings. The summed E-state index contributed by atoms with van der Waals surface area (Å²) in [6.07, 6.45) is 3.79. The normalized spacial score (nSPS) is 14.4. The van der Waals surface area contributed by atoms with E-state index in [4.69, 9.17) is 4.98 Å². The molecule has 4 rings (SSSR count). The van der Waals surface area contributed by atoms with Crippen LogP contribution in [0.15, 0.2) is 48.5 Å². The largest absolute Gasteiger partial charge is 0.357 e. The number of amides is 1. The van der Waals surface area contributed by atoms with Crippen LogP contribution in [0.25, 0.3) is 10.9 Å². The summed E-state index contributed by atoms with van der Waals surface area (Å²) in [4.78, 5) is 19.8. The van der Waals surface area contributed by atoms with Gasteiger partial charge in [0.05, 0.1) is 5.52 Å². The summed E-state index contributed by atoms with van der Waals surface area (Å²) < 4.78 is 0. The number of nitrogens with zero attached hydrogens (tertiary/aromatic N) is 2. The van der Waals surface area contributed by atoms with Crippen LogP contribution < -0.4 is 10.2 Å². The highest BCUT2D eigenvalue weighted by molar-refractivity contribution is 6.06. The minimum Gasteiger partial charge on any atom is -0.357 e. The Morgan fingerprint density at radius 3 is 2.52 bits per heavy atom. The highest BCUT2D eigenvalue weighted by atomic mass is 16.1. The summed E-state index contributed by atoms with van der Waals surface area (Å²) in [7, 11) is 0. The minimum absolute atomic E-state index is 0.0806. The first-order chi connectivity index (χ1) is 13.1. The first kappa shape index (κ1) is 17.5. The lowest BCUT2D eigenvalue weighted by atomic mass is 10.1. The van der Waals surface area contributed by atoms with Gasteiger partial charge in [-0.1, -0.05) is 18.2 Å². The van der Waals surface area contributed by atoms with Crippen LogP contribution in [0.3, 0.4) is 0 Å². The molecule has 2 aromatic carbocycles. The van der Waals surface area contributed by atoms with E-state index in [0.717, 1.165) is 41.1 Å². The summed E-state index contributed by atoms with van der Waals surface area (Å²) >= 11 is 0. The fraction of sp³-hybridized carbons (Fsp3) is 0.304. The second kappa shape index (κ2) is 7.39. The zero-order chi connectivity index (χ0) is 18.8. The molecule has 1 fully saturated rings. The Labute approximate surface area is 160 Å². The molecule has 27 heavy (non-hydrogen) atoms. The van der Waals surface area contributed by atoms with Crippen molar-refractivity contribution in [3.63, 3.8) is 0 Å². The van der Waals surface area contributed by atoms with E-state index in [9.17, 15) is 4.79 Å². The molecule has 0 saturated carbocycles. The molecule has 4 nitrogen and oxygen atoms in total. The number of benzene rings is 2. The van der Waals surface area contributed by atoms with Gasteiger partial charge in [0.1, 0.15) is 5.82 Å². The van der Waals surface area contributed by atoms with Crippen LogP contribution in [0.4, 0.5) is 11.5 Å². The summed E-state index contributed by atoms with van der Waals surface area (Å²) in [6.45, 7) is 6.24. The second-order valence-electron chi connectivity index (χ2n) is 7.35. The van der Waals surface area contributed by atoms with Gasteiger partial charge in [0, 0.05) is 29.7 Å². The fourth-order valence-electron chi connectivity index (χ4n) is 3.77. The Morgan fingerprint density at radius 1 is 0.963 bits per heavy atom. The number of carbonyl (C=O) groups excluding carboxylic acids is 1. The Morgan fingerprint density at radius 2 is 1.74 bits per heavy atom. The minimum atomic E-state index is -0.0806. The molecular weight excluding hydrogens is 334 g/mol. The fourth-order valence-corrected chi connectivity index (χ4v) is 3.77. The van der Waals surface area contributed by atoms with Gasteiger partial charge in [0.25, 0.3) is 5.91 Å². The predicted molar refractivity (Wildman–Crippen MR) is 112 cm³/mol. The molecule has 0 aliphatic carbocycles. The SMILES string of the molecule is Cc1ccccc1C(=O)Nc1ccc2nc(N3CCCCC3)cc(C)c2c1. The van der Waals surface area contributed by atoms with Crippen molar-refractivity contribution in [2.75, 3.05) is 23.3 Å². The monoisotopic (exact) mass is 359 g/mol. The van der Waals surface area contributed by atoms with Crippen LogP contribution in [-0.2, 0) is 0 Å². The third-order valence-electron chi connectivity index (χ3n) is 5.33. The van der Waals surface area contributed by atoms with Gasteiger partial charge in [0.15, 0.2) is 0 Å². The van der Waals surface area contributed by atoms with Gasteiger partial charge in [-0.05, 0) is 74.6 Å². The van der Waals surface area contributed by atoms with Crippen LogP contribution >= 0.6 is 0 Å². The molecule has 1 aromatic heterocycles. The molecule has 0 atom stereocenters. The molecule has 0 radical (unpaired) electrons. The van der Waals surface area contributed by atoms with E-state index >= 15 is 0 Å². The zero-order valence-corrected chi connectivity index (χ0v) is 16.0. The standard InChI is InChI=1S/C23H25N3O/c1-16-8-4-5-9-19(16)23(27)24-18-10-11-21-20(15-18)17(2)14-22(25-21)26-12-6-3-7-13-26/h4-5,8-11,14-15H,3,6-7,12-13H2,1-2H3,(H,24,27). The van der Waals surface area contributed by atoms with Gasteiger partial charge in [-0.3, -0.25) is 4.79 Å². The summed E-state index contributed by atoms with van der Waals surface area (Å²) in [6, 6.07) is 15.8.